The number of imidazole rings is 1. The summed E-state index contributed by atoms with van der Waals surface area (Å²) < 4.78 is 28.1. The van der Waals surface area contributed by atoms with Crippen LogP contribution in [0.25, 0.3) is 0 Å². The van der Waals surface area contributed by atoms with Crippen molar-refractivity contribution in [1.29, 1.82) is 0 Å². The van der Waals surface area contributed by atoms with Gasteiger partial charge in [0.2, 0.25) is 10.0 Å². The second-order valence-electron chi connectivity index (χ2n) is 4.08. The van der Waals surface area contributed by atoms with E-state index in [4.69, 9.17) is 11.6 Å². The second-order valence-corrected chi connectivity index (χ2v) is 6.32. The zero-order valence-electron chi connectivity index (χ0n) is 10.2. The summed E-state index contributed by atoms with van der Waals surface area (Å²) in [5.74, 6) is -0.0475. The number of nitrogens with one attached hydrogen (secondary N) is 1. The van der Waals surface area contributed by atoms with Gasteiger partial charge in [0.1, 0.15) is 0 Å². The highest BCUT2D eigenvalue weighted by molar-refractivity contribution is 7.88. The molecule has 19 heavy (non-hydrogen) atoms. The van der Waals surface area contributed by atoms with E-state index >= 15 is 0 Å². The first-order valence-corrected chi connectivity index (χ1v) is 7.76. The zero-order valence-corrected chi connectivity index (χ0v) is 11.7. The smallest absolute Gasteiger partial charge is 0.215 e. The lowest BCUT2D eigenvalue weighted by Crippen LogP contribution is -2.28. The van der Waals surface area contributed by atoms with Crippen LogP contribution in [0.2, 0.25) is 5.02 Å². The highest BCUT2D eigenvalue weighted by Gasteiger charge is 2.10. The summed E-state index contributed by atoms with van der Waals surface area (Å²) in [6.45, 7) is 0.895. The van der Waals surface area contributed by atoms with Crippen LogP contribution in [0.15, 0.2) is 43.0 Å². The molecule has 0 aliphatic heterocycles. The molecule has 5 nitrogen and oxygen atoms in total. The highest BCUT2D eigenvalue weighted by atomic mass is 35.5. The standard InChI is InChI=1S/C12H14ClN3O2S/c13-12-3-1-11(2-4-12)9-19(17,18)15-6-8-16-7-5-14-10-16/h1-5,7,10,15H,6,8-9H2. The quantitative estimate of drug-likeness (QED) is 0.882. The predicted molar refractivity (Wildman–Crippen MR) is 74.3 cm³/mol. The molecule has 1 aromatic carbocycles. The first-order valence-electron chi connectivity index (χ1n) is 5.73. The van der Waals surface area contributed by atoms with Gasteiger partial charge in [-0.1, -0.05) is 23.7 Å². The van der Waals surface area contributed by atoms with E-state index in [0.29, 0.717) is 23.7 Å². The molecule has 1 heterocycles. The van der Waals surface area contributed by atoms with E-state index in [1.165, 1.54) is 0 Å². The lowest BCUT2D eigenvalue weighted by atomic mass is 10.2. The predicted octanol–water partition coefficient (Wildman–Crippen LogP) is 1.66. The van der Waals surface area contributed by atoms with Gasteiger partial charge in [-0.3, -0.25) is 0 Å². The summed E-state index contributed by atoms with van der Waals surface area (Å²) in [5.41, 5.74) is 0.708. The van der Waals surface area contributed by atoms with E-state index < -0.39 is 10.0 Å². The van der Waals surface area contributed by atoms with Gasteiger partial charge in [-0.05, 0) is 17.7 Å². The number of benzene rings is 1. The van der Waals surface area contributed by atoms with Gasteiger partial charge in [0, 0.05) is 30.5 Å². The Morgan fingerprint density at radius 2 is 2.00 bits per heavy atom. The molecule has 0 radical (unpaired) electrons. The van der Waals surface area contributed by atoms with Crippen molar-refractivity contribution in [2.24, 2.45) is 0 Å². The van der Waals surface area contributed by atoms with Crippen LogP contribution in [-0.2, 0) is 22.3 Å². The molecule has 0 amide bonds. The molecule has 0 aliphatic rings. The maximum Gasteiger partial charge on any atom is 0.215 e. The molecule has 1 aromatic heterocycles. The van der Waals surface area contributed by atoms with Crippen LogP contribution in [0.3, 0.4) is 0 Å². The van der Waals surface area contributed by atoms with Gasteiger partial charge in [0.15, 0.2) is 0 Å². The summed E-state index contributed by atoms with van der Waals surface area (Å²) in [5, 5.41) is 0.592. The molecule has 0 saturated heterocycles. The number of sulfonamides is 1. The summed E-state index contributed by atoms with van der Waals surface area (Å²) in [6.07, 6.45) is 5.09. The van der Waals surface area contributed by atoms with Crippen molar-refractivity contribution in [2.75, 3.05) is 6.54 Å². The fraction of sp³-hybridized carbons (Fsp3) is 0.250. The first kappa shape index (κ1) is 14.0. The fourth-order valence-corrected chi connectivity index (χ4v) is 2.86. The minimum absolute atomic E-state index is 0.0475. The van der Waals surface area contributed by atoms with E-state index in [0.717, 1.165) is 0 Å². The Morgan fingerprint density at radius 3 is 2.63 bits per heavy atom. The average molecular weight is 300 g/mol. The molecule has 7 heteroatoms. The Kier molecular flexibility index (Phi) is 4.57. The van der Waals surface area contributed by atoms with E-state index in [9.17, 15) is 8.42 Å². The van der Waals surface area contributed by atoms with Crippen LogP contribution in [-0.4, -0.2) is 24.5 Å². The lowest BCUT2D eigenvalue weighted by Gasteiger charge is -2.07. The Hall–Kier alpha value is -1.37. The Morgan fingerprint density at radius 1 is 1.26 bits per heavy atom. The number of hydrogen-bond donors (Lipinski definition) is 1. The molecule has 0 spiro atoms. The zero-order chi connectivity index (χ0) is 13.7. The molecule has 1 N–H and O–H groups in total. The van der Waals surface area contributed by atoms with Gasteiger partial charge < -0.3 is 4.57 Å². The summed E-state index contributed by atoms with van der Waals surface area (Å²) in [4.78, 5) is 3.89. The van der Waals surface area contributed by atoms with Crippen LogP contribution in [0.5, 0.6) is 0 Å². The van der Waals surface area contributed by atoms with E-state index in [-0.39, 0.29) is 5.75 Å². The van der Waals surface area contributed by atoms with E-state index in [2.05, 4.69) is 9.71 Å². The third kappa shape index (κ3) is 4.66. The number of rotatable bonds is 6. The van der Waals surface area contributed by atoms with Crippen molar-refractivity contribution in [3.05, 3.63) is 53.6 Å². The van der Waals surface area contributed by atoms with Crippen LogP contribution in [0.1, 0.15) is 5.56 Å². The number of nitrogens with zero attached hydrogens (tertiary/aromatic N) is 2. The van der Waals surface area contributed by atoms with Crippen LogP contribution >= 0.6 is 11.6 Å². The van der Waals surface area contributed by atoms with Gasteiger partial charge in [-0.2, -0.15) is 0 Å². The number of hydrogen-bond acceptors (Lipinski definition) is 3. The molecule has 0 aliphatic carbocycles. The van der Waals surface area contributed by atoms with E-state index in [1.54, 1.807) is 43.0 Å². The Balaban J connectivity index is 1.86. The van der Waals surface area contributed by atoms with Gasteiger partial charge in [0.25, 0.3) is 0 Å². The van der Waals surface area contributed by atoms with Gasteiger partial charge >= 0.3 is 0 Å². The van der Waals surface area contributed by atoms with Crippen LogP contribution in [0, 0.1) is 0 Å². The van der Waals surface area contributed by atoms with Gasteiger partial charge in [-0.25, -0.2) is 18.1 Å². The molecule has 0 atom stereocenters. The molecule has 0 fully saturated rings. The maximum absolute atomic E-state index is 11.8. The van der Waals surface area contributed by atoms with Crippen molar-refractivity contribution in [1.82, 2.24) is 14.3 Å². The second kappa shape index (κ2) is 6.18. The maximum atomic E-state index is 11.8. The van der Waals surface area contributed by atoms with Gasteiger partial charge in [-0.15, -0.1) is 0 Å². The number of aromatic nitrogens is 2. The largest absolute Gasteiger partial charge is 0.336 e. The summed E-state index contributed by atoms with van der Waals surface area (Å²) >= 11 is 5.75. The van der Waals surface area contributed by atoms with Crippen molar-refractivity contribution in [2.45, 2.75) is 12.3 Å². The average Bonchev–Trinajstić information content (AvgIpc) is 2.85. The third-order valence-corrected chi connectivity index (χ3v) is 4.13. The molecule has 0 saturated carbocycles. The fourth-order valence-electron chi connectivity index (χ4n) is 1.60. The molecule has 0 unspecified atom stereocenters. The minimum Gasteiger partial charge on any atom is -0.336 e. The van der Waals surface area contributed by atoms with E-state index in [1.807, 2.05) is 4.57 Å². The van der Waals surface area contributed by atoms with Crippen molar-refractivity contribution in [3.8, 4) is 0 Å². The Bertz CT molecular complexity index is 609. The topological polar surface area (TPSA) is 64.0 Å². The molecule has 0 bridgehead atoms. The Labute approximate surface area is 117 Å². The molecular formula is C12H14ClN3O2S. The third-order valence-electron chi connectivity index (χ3n) is 2.52. The summed E-state index contributed by atoms with van der Waals surface area (Å²) in [7, 11) is -3.33. The monoisotopic (exact) mass is 299 g/mol. The lowest BCUT2D eigenvalue weighted by molar-refractivity contribution is 0.572. The van der Waals surface area contributed by atoms with Gasteiger partial charge in [0.05, 0.1) is 12.1 Å². The molecule has 102 valence electrons. The molecule has 2 aromatic rings. The SMILES string of the molecule is O=S(=O)(Cc1ccc(Cl)cc1)NCCn1ccnc1. The minimum atomic E-state index is -3.33. The van der Waals surface area contributed by atoms with Crippen molar-refractivity contribution < 1.29 is 8.42 Å². The van der Waals surface area contributed by atoms with Crippen LogP contribution < -0.4 is 4.72 Å². The van der Waals surface area contributed by atoms with Crippen molar-refractivity contribution >= 4 is 21.6 Å². The van der Waals surface area contributed by atoms with Crippen molar-refractivity contribution in [3.63, 3.8) is 0 Å². The normalized spacial score (nSPS) is 11.6. The highest BCUT2D eigenvalue weighted by Crippen LogP contribution is 2.11. The number of halogens is 1. The van der Waals surface area contributed by atoms with Crippen LogP contribution in [0.4, 0.5) is 0 Å². The molecular weight excluding hydrogens is 286 g/mol. The first-order chi connectivity index (χ1) is 9.05. The molecule has 2 rings (SSSR count). The summed E-state index contributed by atoms with van der Waals surface area (Å²) in [6, 6.07) is 6.77.